The van der Waals surface area contributed by atoms with E-state index < -0.39 is 12.2 Å². The van der Waals surface area contributed by atoms with E-state index in [2.05, 4.69) is 5.32 Å². The molecule has 2 aliphatic rings. The van der Waals surface area contributed by atoms with Gasteiger partial charge < -0.3 is 15.5 Å². The molecule has 3 nitrogen and oxygen atoms in total. The molecule has 2 bridgehead atoms. The smallest absolute Gasteiger partial charge is 0.0954 e. The standard InChI is InChI=1S/C6H11NO2.ClH/c8-5-3-1-4(6(5)9)7-2-3;/h3-9H,1-2H2;1H/t3-,4-,5-,6+;/m0./s1. The topological polar surface area (TPSA) is 52.5 Å². The van der Waals surface area contributed by atoms with Gasteiger partial charge in [-0.1, -0.05) is 0 Å². The second-order valence-corrected chi connectivity index (χ2v) is 2.99. The fourth-order valence-electron chi connectivity index (χ4n) is 1.83. The van der Waals surface area contributed by atoms with Gasteiger partial charge in [-0.05, 0) is 6.42 Å². The number of nitrogens with one attached hydrogen (secondary N) is 1. The molecular formula is C6H12ClNO2. The van der Waals surface area contributed by atoms with Gasteiger partial charge in [0.2, 0.25) is 0 Å². The summed E-state index contributed by atoms with van der Waals surface area (Å²) in [4.78, 5) is 0. The SMILES string of the molecule is Cl.O[C@H]1[C@@H]2CN[C@@H](C2)[C@H]1O. The minimum atomic E-state index is -0.510. The molecule has 0 radical (unpaired) electrons. The number of hydrogen-bond donors (Lipinski definition) is 3. The summed E-state index contributed by atoms with van der Waals surface area (Å²) in [6.07, 6.45) is -0.0255. The molecule has 60 valence electrons. The van der Waals surface area contributed by atoms with E-state index in [4.69, 9.17) is 0 Å². The first-order valence-electron chi connectivity index (χ1n) is 3.38. The Balaban J connectivity index is 0.000000500. The molecule has 0 amide bonds. The summed E-state index contributed by atoms with van der Waals surface area (Å²) in [7, 11) is 0. The van der Waals surface area contributed by atoms with Crippen molar-refractivity contribution in [2.45, 2.75) is 24.7 Å². The Morgan fingerprint density at radius 1 is 1.20 bits per heavy atom. The monoisotopic (exact) mass is 165 g/mol. The molecule has 2 rings (SSSR count). The molecule has 0 aromatic heterocycles. The van der Waals surface area contributed by atoms with Crippen molar-refractivity contribution in [3.05, 3.63) is 0 Å². The second kappa shape index (κ2) is 2.66. The van der Waals surface area contributed by atoms with Gasteiger partial charge in [-0.15, -0.1) is 12.4 Å². The first kappa shape index (κ1) is 8.27. The maximum atomic E-state index is 9.20. The maximum Gasteiger partial charge on any atom is 0.0954 e. The van der Waals surface area contributed by atoms with Crippen LogP contribution in [0, 0.1) is 5.92 Å². The molecule has 1 aliphatic heterocycles. The highest BCUT2D eigenvalue weighted by Crippen LogP contribution is 2.31. The number of halogens is 1. The highest BCUT2D eigenvalue weighted by atomic mass is 35.5. The Labute approximate surface area is 65.8 Å². The first-order valence-corrected chi connectivity index (χ1v) is 3.38. The Morgan fingerprint density at radius 2 is 1.90 bits per heavy atom. The molecule has 1 aliphatic carbocycles. The normalized spacial score (nSPS) is 51.0. The van der Waals surface area contributed by atoms with Gasteiger partial charge in [0.05, 0.1) is 12.2 Å². The van der Waals surface area contributed by atoms with Crippen molar-refractivity contribution >= 4 is 12.4 Å². The van der Waals surface area contributed by atoms with Crippen LogP contribution in [0.25, 0.3) is 0 Å². The van der Waals surface area contributed by atoms with Gasteiger partial charge in [0.25, 0.3) is 0 Å². The Kier molecular flexibility index (Phi) is 2.20. The van der Waals surface area contributed by atoms with Crippen molar-refractivity contribution in [2.24, 2.45) is 5.92 Å². The van der Waals surface area contributed by atoms with E-state index in [-0.39, 0.29) is 18.4 Å². The van der Waals surface area contributed by atoms with Crippen molar-refractivity contribution in [3.8, 4) is 0 Å². The molecule has 4 atom stereocenters. The summed E-state index contributed by atoms with van der Waals surface area (Å²) in [5, 5.41) is 21.5. The zero-order valence-electron chi connectivity index (χ0n) is 5.53. The average Bonchev–Trinajstić information content (AvgIpc) is 2.37. The number of fused-ring (bicyclic) bond motifs is 2. The summed E-state index contributed by atoms with van der Waals surface area (Å²) < 4.78 is 0. The van der Waals surface area contributed by atoms with Gasteiger partial charge >= 0.3 is 0 Å². The zero-order chi connectivity index (χ0) is 6.43. The lowest BCUT2D eigenvalue weighted by atomic mass is 10.1. The van der Waals surface area contributed by atoms with Gasteiger partial charge in [-0.3, -0.25) is 0 Å². The third kappa shape index (κ3) is 0.937. The molecule has 0 unspecified atom stereocenters. The van der Waals surface area contributed by atoms with E-state index >= 15 is 0 Å². The van der Waals surface area contributed by atoms with E-state index in [1.165, 1.54) is 0 Å². The minimum absolute atomic E-state index is 0. The lowest BCUT2D eigenvalue weighted by molar-refractivity contribution is -0.00445. The van der Waals surface area contributed by atoms with Crippen LogP contribution in [0.5, 0.6) is 0 Å². The van der Waals surface area contributed by atoms with Crippen LogP contribution >= 0.6 is 12.4 Å². The van der Waals surface area contributed by atoms with Crippen molar-refractivity contribution in [1.82, 2.24) is 5.32 Å². The summed E-state index contributed by atoms with van der Waals surface area (Å²) in [5.41, 5.74) is 0. The minimum Gasteiger partial charge on any atom is -0.390 e. The third-order valence-corrected chi connectivity index (χ3v) is 2.44. The predicted molar refractivity (Wildman–Crippen MR) is 39.2 cm³/mol. The number of hydrogen-bond acceptors (Lipinski definition) is 3. The summed E-state index contributed by atoms with van der Waals surface area (Å²) >= 11 is 0. The average molecular weight is 166 g/mol. The molecule has 1 heterocycles. The van der Waals surface area contributed by atoms with Crippen LogP contribution in [0.15, 0.2) is 0 Å². The lowest BCUT2D eigenvalue weighted by Gasteiger charge is -2.22. The molecule has 1 saturated carbocycles. The Morgan fingerprint density at radius 3 is 2.20 bits per heavy atom. The molecule has 0 spiro atoms. The summed E-state index contributed by atoms with van der Waals surface area (Å²) in [6, 6.07) is 0.171. The van der Waals surface area contributed by atoms with Crippen molar-refractivity contribution in [3.63, 3.8) is 0 Å². The van der Waals surface area contributed by atoms with E-state index in [1.807, 2.05) is 0 Å². The van der Waals surface area contributed by atoms with Gasteiger partial charge in [0.1, 0.15) is 0 Å². The zero-order valence-corrected chi connectivity index (χ0v) is 6.34. The largest absolute Gasteiger partial charge is 0.390 e. The molecule has 2 fully saturated rings. The molecular weight excluding hydrogens is 154 g/mol. The second-order valence-electron chi connectivity index (χ2n) is 2.99. The van der Waals surface area contributed by atoms with Crippen molar-refractivity contribution < 1.29 is 10.2 Å². The number of rotatable bonds is 0. The van der Waals surface area contributed by atoms with Crippen LogP contribution in [0.3, 0.4) is 0 Å². The molecule has 0 aromatic carbocycles. The molecule has 4 heteroatoms. The van der Waals surface area contributed by atoms with Gasteiger partial charge in [-0.2, -0.15) is 0 Å². The molecule has 1 saturated heterocycles. The summed E-state index contributed by atoms with van der Waals surface area (Å²) in [6.45, 7) is 0.878. The lowest BCUT2D eigenvalue weighted by Crippen LogP contribution is -2.45. The highest BCUT2D eigenvalue weighted by molar-refractivity contribution is 5.85. The maximum absolute atomic E-state index is 9.20. The van der Waals surface area contributed by atoms with Crippen molar-refractivity contribution in [2.75, 3.05) is 6.54 Å². The molecule has 0 aromatic rings. The van der Waals surface area contributed by atoms with Gasteiger partial charge in [-0.25, -0.2) is 0 Å². The third-order valence-electron chi connectivity index (χ3n) is 2.44. The fraction of sp³-hybridized carbons (Fsp3) is 1.00. The number of aliphatic hydroxyl groups excluding tert-OH is 2. The highest BCUT2D eigenvalue weighted by Gasteiger charge is 2.45. The van der Waals surface area contributed by atoms with Gasteiger partial charge in [0, 0.05) is 18.5 Å². The van der Waals surface area contributed by atoms with E-state index in [0.29, 0.717) is 5.92 Å². The van der Waals surface area contributed by atoms with Gasteiger partial charge in [0.15, 0.2) is 0 Å². The van der Waals surface area contributed by atoms with Crippen LogP contribution in [-0.2, 0) is 0 Å². The van der Waals surface area contributed by atoms with Crippen LogP contribution in [0.1, 0.15) is 6.42 Å². The number of piperidine rings is 1. The Bertz CT molecular complexity index is 115. The van der Waals surface area contributed by atoms with Crippen molar-refractivity contribution in [1.29, 1.82) is 0 Å². The van der Waals surface area contributed by atoms with Crippen LogP contribution in [-0.4, -0.2) is 35.0 Å². The van der Waals surface area contributed by atoms with Crippen LogP contribution < -0.4 is 5.32 Å². The van der Waals surface area contributed by atoms with Crippen LogP contribution in [0.4, 0.5) is 0 Å². The molecule has 10 heavy (non-hydrogen) atoms. The first-order chi connectivity index (χ1) is 4.29. The molecule has 3 N–H and O–H groups in total. The Hall–Kier alpha value is 0.170. The summed E-state index contributed by atoms with van der Waals surface area (Å²) in [5.74, 6) is 0.310. The predicted octanol–water partition coefficient (Wildman–Crippen LogP) is -0.878. The van der Waals surface area contributed by atoms with Crippen LogP contribution in [0.2, 0.25) is 0 Å². The fourth-order valence-corrected chi connectivity index (χ4v) is 1.83. The number of aliphatic hydroxyl groups is 2. The van der Waals surface area contributed by atoms with E-state index in [0.717, 1.165) is 13.0 Å². The van der Waals surface area contributed by atoms with E-state index in [1.54, 1.807) is 0 Å². The van der Waals surface area contributed by atoms with E-state index in [9.17, 15) is 10.2 Å². The quantitative estimate of drug-likeness (QED) is 0.437.